The first kappa shape index (κ1) is 17.7. The Morgan fingerprint density at radius 2 is 1.92 bits per heavy atom. The minimum atomic E-state index is -0.827. The van der Waals surface area contributed by atoms with Crippen molar-refractivity contribution in [2.24, 2.45) is 7.05 Å². The van der Waals surface area contributed by atoms with Crippen molar-refractivity contribution in [1.29, 1.82) is 0 Å². The highest BCUT2D eigenvalue weighted by Crippen LogP contribution is 2.22. The van der Waals surface area contributed by atoms with Gasteiger partial charge in [-0.05, 0) is 32.0 Å². The quantitative estimate of drug-likeness (QED) is 0.519. The van der Waals surface area contributed by atoms with Gasteiger partial charge in [0.2, 0.25) is 0 Å². The second-order valence-electron chi connectivity index (χ2n) is 5.14. The number of aromatic nitrogens is 2. The second kappa shape index (κ2) is 6.84. The molecule has 7 nitrogen and oxygen atoms in total. The fourth-order valence-electron chi connectivity index (χ4n) is 2.27. The molecule has 2 aromatic rings. The highest BCUT2D eigenvalue weighted by atomic mass is 35.5. The summed E-state index contributed by atoms with van der Waals surface area (Å²) < 4.78 is 6.15. The Bertz CT molecular complexity index is 842. The number of benzene rings is 1. The lowest BCUT2D eigenvalue weighted by Gasteiger charge is -2.08. The summed E-state index contributed by atoms with van der Waals surface area (Å²) in [5.41, 5.74) is 1.69. The first-order chi connectivity index (χ1) is 11.3. The number of ether oxygens (including phenoxy) is 1. The number of halogens is 1. The normalized spacial score (nSPS) is 10.4. The Morgan fingerprint density at radius 1 is 1.25 bits per heavy atom. The van der Waals surface area contributed by atoms with Crippen LogP contribution in [-0.4, -0.2) is 34.6 Å². The molecule has 0 radical (unpaired) electrons. The van der Waals surface area contributed by atoms with Crippen molar-refractivity contribution in [2.75, 3.05) is 12.4 Å². The summed E-state index contributed by atoms with van der Waals surface area (Å²) in [6, 6.07) is 4.28. The zero-order valence-electron chi connectivity index (χ0n) is 13.6. The molecule has 0 unspecified atom stereocenters. The van der Waals surface area contributed by atoms with Gasteiger partial charge in [0.05, 0.1) is 29.0 Å². The molecule has 8 heteroatoms. The van der Waals surface area contributed by atoms with Gasteiger partial charge in [-0.3, -0.25) is 14.3 Å². The SMILES string of the molecule is COC(=O)c1cc(NC(=O)C(=O)c2c(C)nn(C)c2C)ccc1Cl. The van der Waals surface area contributed by atoms with Crippen LogP contribution in [0.1, 0.15) is 32.1 Å². The molecule has 1 aromatic heterocycles. The number of aryl methyl sites for hydroxylation is 2. The van der Waals surface area contributed by atoms with Gasteiger partial charge < -0.3 is 10.1 Å². The molecule has 24 heavy (non-hydrogen) atoms. The molecule has 1 N–H and O–H groups in total. The summed E-state index contributed by atoms with van der Waals surface area (Å²) in [7, 11) is 2.92. The van der Waals surface area contributed by atoms with Crippen LogP contribution in [0.3, 0.4) is 0 Å². The second-order valence-corrected chi connectivity index (χ2v) is 5.55. The number of methoxy groups -OCH3 is 1. The number of amides is 1. The molecule has 0 saturated carbocycles. The molecule has 0 aliphatic carbocycles. The average molecular weight is 350 g/mol. The number of nitrogens with one attached hydrogen (secondary N) is 1. The van der Waals surface area contributed by atoms with E-state index in [4.69, 9.17) is 11.6 Å². The van der Waals surface area contributed by atoms with Crippen LogP contribution in [0, 0.1) is 13.8 Å². The van der Waals surface area contributed by atoms with E-state index >= 15 is 0 Å². The first-order valence-electron chi connectivity index (χ1n) is 7.00. The molecule has 0 spiro atoms. The fraction of sp³-hybridized carbons (Fsp3) is 0.250. The van der Waals surface area contributed by atoms with E-state index in [2.05, 4.69) is 15.2 Å². The number of carbonyl (C=O) groups excluding carboxylic acids is 3. The third kappa shape index (κ3) is 3.30. The molecule has 0 fully saturated rings. The van der Waals surface area contributed by atoms with Crippen molar-refractivity contribution in [3.8, 4) is 0 Å². The van der Waals surface area contributed by atoms with Gasteiger partial charge >= 0.3 is 5.97 Å². The van der Waals surface area contributed by atoms with E-state index in [1.807, 2.05) is 0 Å². The van der Waals surface area contributed by atoms with Crippen LogP contribution in [0.2, 0.25) is 5.02 Å². The Balaban J connectivity index is 2.26. The molecule has 0 aliphatic heterocycles. The molecule has 0 atom stereocenters. The molecular formula is C16H16ClN3O4. The molecule has 1 amide bonds. The molecule has 2 rings (SSSR count). The van der Waals surface area contributed by atoms with Crippen molar-refractivity contribution in [3.63, 3.8) is 0 Å². The largest absolute Gasteiger partial charge is 0.465 e. The van der Waals surface area contributed by atoms with Gasteiger partial charge in [-0.15, -0.1) is 0 Å². The average Bonchev–Trinajstić information content (AvgIpc) is 2.80. The maximum Gasteiger partial charge on any atom is 0.339 e. The van der Waals surface area contributed by atoms with Crippen LogP contribution < -0.4 is 5.32 Å². The summed E-state index contributed by atoms with van der Waals surface area (Å²) in [5.74, 6) is -2.17. The minimum Gasteiger partial charge on any atom is -0.465 e. The van der Waals surface area contributed by atoms with Gasteiger partial charge in [-0.2, -0.15) is 5.10 Å². The number of ketones is 1. The van der Waals surface area contributed by atoms with Gasteiger partial charge in [0.15, 0.2) is 0 Å². The summed E-state index contributed by atoms with van der Waals surface area (Å²) in [4.78, 5) is 36.2. The number of Topliss-reactive ketones (excluding diaryl/α,β-unsaturated/α-hetero) is 1. The topological polar surface area (TPSA) is 90.3 Å². The Labute approximate surface area is 143 Å². The molecule has 0 saturated heterocycles. The molecule has 1 aromatic carbocycles. The van der Waals surface area contributed by atoms with Crippen molar-refractivity contribution >= 4 is 34.9 Å². The van der Waals surface area contributed by atoms with Crippen molar-refractivity contribution in [1.82, 2.24) is 9.78 Å². The molecule has 1 heterocycles. The number of nitrogens with zero attached hydrogens (tertiary/aromatic N) is 2. The summed E-state index contributed by atoms with van der Waals surface area (Å²) in [6.45, 7) is 3.36. The smallest absolute Gasteiger partial charge is 0.339 e. The molecule has 0 bridgehead atoms. The number of carbonyl (C=O) groups is 3. The summed E-state index contributed by atoms with van der Waals surface area (Å²) in [5, 5.41) is 6.76. The first-order valence-corrected chi connectivity index (χ1v) is 7.37. The van der Waals surface area contributed by atoms with Gasteiger partial charge in [0.1, 0.15) is 0 Å². The van der Waals surface area contributed by atoms with Crippen LogP contribution in [0.4, 0.5) is 5.69 Å². The van der Waals surface area contributed by atoms with Crippen molar-refractivity contribution in [2.45, 2.75) is 13.8 Å². The lowest BCUT2D eigenvalue weighted by Crippen LogP contribution is -2.24. The summed E-state index contributed by atoms with van der Waals surface area (Å²) in [6.07, 6.45) is 0. The van der Waals surface area contributed by atoms with E-state index in [9.17, 15) is 14.4 Å². The van der Waals surface area contributed by atoms with Gasteiger partial charge in [-0.1, -0.05) is 11.6 Å². The Morgan fingerprint density at radius 3 is 2.46 bits per heavy atom. The standard InChI is InChI=1S/C16H16ClN3O4/c1-8-13(9(2)20(3)19-8)14(21)15(22)18-10-5-6-12(17)11(7-10)16(23)24-4/h5-7H,1-4H3,(H,18,22). The van der Waals surface area contributed by atoms with Crippen LogP contribution >= 0.6 is 11.6 Å². The number of hydrogen-bond acceptors (Lipinski definition) is 5. The zero-order valence-corrected chi connectivity index (χ0v) is 14.4. The predicted octanol–water partition coefficient (Wildman–Crippen LogP) is 2.30. The van der Waals surface area contributed by atoms with Crippen LogP contribution in [0.25, 0.3) is 0 Å². The number of esters is 1. The van der Waals surface area contributed by atoms with Gasteiger partial charge in [-0.25, -0.2) is 4.79 Å². The van der Waals surface area contributed by atoms with E-state index in [-0.39, 0.29) is 21.8 Å². The Kier molecular flexibility index (Phi) is 5.04. The third-order valence-electron chi connectivity index (χ3n) is 3.57. The number of rotatable bonds is 4. The van der Waals surface area contributed by atoms with Crippen LogP contribution in [0.15, 0.2) is 18.2 Å². The molecule has 0 aliphatic rings. The predicted molar refractivity (Wildman–Crippen MR) is 88.4 cm³/mol. The third-order valence-corrected chi connectivity index (χ3v) is 3.90. The number of anilines is 1. The summed E-state index contributed by atoms with van der Waals surface area (Å²) >= 11 is 5.92. The fourth-order valence-corrected chi connectivity index (χ4v) is 2.47. The van der Waals surface area contributed by atoms with Gasteiger partial charge in [0, 0.05) is 18.4 Å². The van der Waals surface area contributed by atoms with Crippen molar-refractivity contribution in [3.05, 3.63) is 45.7 Å². The highest BCUT2D eigenvalue weighted by molar-refractivity contribution is 6.47. The van der Waals surface area contributed by atoms with E-state index < -0.39 is 17.7 Å². The van der Waals surface area contributed by atoms with Crippen LogP contribution in [0.5, 0.6) is 0 Å². The lowest BCUT2D eigenvalue weighted by molar-refractivity contribution is -0.112. The van der Waals surface area contributed by atoms with Gasteiger partial charge in [0.25, 0.3) is 11.7 Å². The number of hydrogen-bond donors (Lipinski definition) is 1. The van der Waals surface area contributed by atoms with E-state index in [0.29, 0.717) is 11.4 Å². The van der Waals surface area contributed by atoms with Crippen LogP contribution in [-0.2, 0) is 16.6 Å². The lowest BCUT2D eigenvalue weighted by atomic mass is 10.1. The van der Waals surface area contributed by atoms with E-state index in [0.717, 1.165) is 0 Å². The monoisotopic (exact) mass is 349 g/mol. The van der Waals surface area contributed by atoms with E-state index in [1.165, 1.54) is 30.0 Å². The maximum atomic E-state index is 12.4. The maximum absolute atomic E-state index is 12.4. The minimum absolute atomic E-state index is 0.0955. The zero-order chi connectivity index (χ0) is 18.0. The Hall–Kier alpha value is -2.67. The molecule has 126 valence electrons. The van der Waals surface area contributed by atoms with E-state index in [1.54, 1.807) is 20.9 Å². The van der Waals surface area contributed by atoms with Crippen molar-refractivity contribution < 1.29 is 19.1 Å². The highest BCUT2D eigenvalue weighted by Gasteiger charge is 2.24. The molecular weight excluding hydrogens is 334 g/mol.